The molecule has 0 aliphatic carbocycles. The summed E-state index contributed by atoms with van der Waals surface area (Å²) in [7, 11) is 7.08. The van der Waals surface area contributed by atoms with Gasteiger partial charge in [-0.2, -0.15) is 5.10 Å². The van der Waals surface area contributed by atoms with Crippen LogP contribution in [0.1, 0.15) is 10.4 Å². The molecule has 0 saturated carbocycles. The summed E-state index contributed by atoms with van der Waals surface area (Å²) < 4.78 is 7.04. The molecule has 6 nitrogen and oxygen atoms in total. The Bertz CT molecular complexity index is 657. The number of carbonyl (C=O) groups is 1. The predicted molar refractivity (Wildman–Crippen MR) is 93.3 cm³/mol. The number of nitrogens with one attached hydrogen (secondary N) is 1. The molecule has 0 spiro atoms. The molecule has 1 aromatic carbocycles. The van der Waals surface area contributed by atoms with Crippen molar-refractivity contribution in [2.24, 2.45) is 7.05 Å². The van der Waals surface area contributed by atoms with Crippen LogP contribution in [-0.4, -0.2) is 54.9 Å². The van der Waals surface area contributed by atoms with Crippen LogP contribution in [0.5, 0.6) is 5.75 Å². The first-order valence-corrected chi connectivity index (χ1v) is 7.15. The lowest BCUT2D eigenvalue weighted by atomic mass is 10.1. The number of hydrogen-bond donors (Lipinski definition) is 1. The summed E-state index contributed by atoms with van der Waals surface area (Å²) in [5.74, 6) is 0.650. The topological polar surface area (TPSA) is 59.4 Å². The average molecular weight is 339 g/mol. The SMILES string of the molecule is CNCCN(C)C(=O)c1cn(C)nc1-c1ccccc1OC.Cl. The Balaban J connectivity index is 0.00000264. The standard InChI is InChI=1S/C16H22N4O2.ClH/c1-17-9-10-19(2)16(21)13-11-20(3)18-15(13)12-7-5-6-8-14(12)22-4;/h5-8,11,17H,9-10H2,1-4H3;1H. The second-order valence-corrected chi connectivity index (χ2v) is 5.10. The van der Waals surface area contributed by atoms with Crippen molar-refractivity contribution in [2.75, 3.05) is 34.3 Å². The van der Waals surface area contributed by atoms with Crippen LogP contribution in [0, 0.1) is 0 Å². The second-order valence-electron chi connectivity index (χ2n) is 5.10. The van der Waals surface area contributed by atoms with Crippen molar-refractivity contribution in [2.45, 2.75) is 0 Å². The summed E-state index contributed by atoms with van der Waals surface area (Å²) in [6.45, 7) is 1.38. The minimum absolute atomic E-state index is 0. The number of nitrogens with zero attached hydrogens (tertiary/aromatic N) is 3. The molecule has 7 heteroatoms. The van der Waals surface area contributed by atoms with Gasteiger partial charge in [-0.15, -0.1) is 12.4 Å². The monoisotopic (exact) mass is 338 g/mol. The zero-order chi connectivity index (χ0) is 16.1. The number of aromatic nitrogens is 2. The van der Waals surface area contributed by atoms with Gasteiger partial charge in [0.1, 0.15) is 11.4 Å². The molecule has 0 fully saturated rings. The number of ether oxygens (including phenoxy) is 1. The summed E-state index contributed by atoms with van der Waals surface area (Å²) in [5, 5.41) is 7.49. The molecule has 1 amide bonds. The van der Waals surface area contributed by atoms with E-state index in [1.807, 2.05) is 38.4 Å². The van der Waals surface area contributed by atoms with E-state index in [2.05, 4.69) is 10.4 Å². The molecule has 0 unspecified atom stereocenters. The lowest BCUT2D eigenvalue weighted by Crippen LogP contribution is -2.32. The van der Waals surface area contributed by atoms with E-state index in [1.54, 1.807) is 29.9 Å². The van der Waals surface area contributed by atoms with Crippen LogP contribution >= 0.6 is 12.4 Å². The molecule has 1 heterocycles. The molecular formula is C16H23ClN4O2. The number of hydrogen-bond acceptors (Lipinski definition) is 4. The van der Waals surface area contributed by atoms with Gasteiger partial charge in [0, 0.05) is 38.9 Å². The van der Waals surface area contributed by atoms with Crippen LogP contribution in [0.3, 0.4) is 0 Å². The molecule has 0 saturated heterocycles. The Kier molecular flexibility index (Phi) is 7.06. The van der Waals surface area contributed by atoms with E-state index in [0.717, 1.165) is 12.1 Å². The fourth-order valence-corrected chi connectivity index (χ4v) is 2.27. The Morgan fingerprint density at radius 2 is 2.09 bits per heavy atom. The number of methoxy groups -OCH3 is 1. The Labute approximate surface area is 142 Å². The number of carbonyl (C=O) groups excluding carboxylic acids is 1. The van der Waals surface area contributed by atoms with Crippen molar-refractivity contribution in [1.29, 1.82) is 0 Å². The Hall–Kier alpha value is -2.05. The van der Waals surface area contributed by atoms with Crippen molar-refractivity contribution in [3.63, 3.8) is 0 Å². The van der Waals surface area contributed by atoms with Crippen molar-refractivity contribution in [3.05, 3.63) is 36.0 Å². The molecule has 126 valence electrons. The van der Waals surface area contributed by atoms with Crippen molar-refractivity contribution in [3.8, 4) is 17.0 Å². The van der Waals surface area contributed by atoms with Gasteiger partial charge in [-0.3, -0.25) is 9.48 Å². The number of likely N-dealkylation sites (N-methyl/N-ethyl adjacent to an activating group) is 2. The number of aryl methyl sites for hydroxylation is 1. The predicted octanol–water partition coefficient (Wildman–Crippen LogP) is 1.81. The number of amides is 1. The summed E-state index contributed by atoms with van der Waals surface area (Å²) in [4.78, 5) is 14.3. The third-order valence-corrected chi connectivity index (χ3v) is 3.47. The maximum Gasteiger partial charge on any atom is 0.257 e. The minimum atomic E-state index is -0.0516. The van der Waals surface area contributed by atoms with Crippen molar-refractivity contribution < 1.29 is 9.53 Å². The van der Waals surface area contributed by atoms with E-state index in [9.17, 15) is 4.79 Å². The lowest BCUT2D eigenvalue weighted by molar-refractivity contribution is 0.0797. The fourth-order valence-electron chi connectivity index (χ4n) is 2.27. The smallest absolute Gasteiger partial charge is 0.257 e. The van der Waals surface area contributed by atoms with Crippen molar-refractivity contribution in [1.82, 2.24) is 20.0 Å². The highest BCUT2D eigenvalue weighted by Gasteiger charge is 2.22. The highest BCUT2D eigenvalue weighted by molar-refractivity contribution is 6.00. The van der Waals surface area contributed by atoms with Gasteiger partial charge < -0.3 is 15.0 Å². The van der Waals surface area contributed by atoms with Crippen LogP contribution in [-0.2, 0) is 7.05 Å². The second kappa shape index (κ2) is 8.55. The largest absolute Gasteiger partial charge is 0.496 e. The third-order valence-electron chi connectivity index (χ3n) is 3.47. The quantitative estimate of drug-likeness (QED) is 0.872. The molecular weight excluding hydrogens is 316 g/mol. The van der Waals surface area contributed by atoms with Gasteiger partial charge in [0.2, 0.25) is 0 Å². The molecule has 1 aromatic heterocycles. The van der Waals surface area contributed by atoms with Gasteiger partial charge in [0.25, 0.3) is 5.91 Å². The Morgan fingerprint density at radius 3 is 2.74 bits per heavy atom. The van der Waals surface area contributed by atoms with E-state index >= 15 is 0 Å². The highest BCUT2D eigenvalue weighted by Crippen LogP contribution is 2.31. The third kappa shape index (κ3) is 4.24. The van der Waals surface area contributed by atoms with E-state index < -0.39 is 0 Å². The average Bonchev–Trinajstić information content (AvgIpc) is 2.93. The van der Waals surface area contributed by atoms with Crippen LogP contribution in [0.4, 0.5) is 0 Å². The molecule has 23 heavy (non-hydrogen) atoms. The van der Waals surface area contributed by atoms with Crippen LogP contribution in [0.15, 0.2) is 30.5 Å². The van der Waals surface area contributed by atoms with E-state index in [-0.39, 0.29) is 18.3 Å². The Morgan fingerprint density at radius 1 is 1.39 bits per heavy atom. The normalized spacial score (nSPS) is 10.1. The molecule has 1 N–H and O–H groups in total. The van der Waals surface area contributed by atoms with Gasteiger partial charge in [-0.25, -0.2) is 0 Å². The number of benzene rings is 1. The van der Waals surface area contributed by atoms with Gasteiger partial charge in [-0.1, -0.05) is 12.1 Å². The van der Waals surface area contributed by atoms with Gasteiger partial charge >= 0.3 is 0 Å². The number of rotatable bonds is 6. The summed E-state index contributed by atoms with van der Waals surface area (Å²) in [5.41, 5.74) is 2.03. The zero-order valence-corrected chi connectivity index (χ0v) is 14.7. The molecule has 0 aliphatic heterocycles. The van der Waals surface area contributed by atoms with Crippen LogP contribution in [0.25, 0.3) is 11.3 Å². The lowest BCUT2D eigenvalue weighted by Gasteiger charge is -2.17. The molecule has 0 aliphatic rings. The summed E-state index contributed by atoms with van der Waals surface area (Å²) >= 11 is 0. The van der Waals surface area contributed by atoms with Crippen LogP contribution in [0.2, 0.25) is 0 Å². The first-order valence-electron chi connectivity index (χ1n) is 7.15. The molecule has 2 aromatic rings. The fraction of sp³-hybridized carbons (Fsp3) is 0.375. The maximum atomic E-state index is 12.7. The number of halogens is 1. The van der Waals surface area contributed by atoms with Crippen molar-refractivity contribution >= 4 is 18.3 Å². The maximum absolute atomic E-state index is 12.7. The molecule has 0 bridgehead atoms. The first kappa shape index (κ1) is 19.0. The van der Waals surface area contributed by atoms with E-state index in [1.165, 1.54) is 0 Å². The van der Waals surface area contributed by atoms with Gasteiger partial charge in [0.15, 0.2) is 0 Å². The zero-order valence-electron chi connectivity index (χ0n) is 13.9. The minimum Gasteiger partial charge on any atom is -0.496 e. The van der Waals surface area contributed by atoms with E-state index in [0.29, 0.717) is 23.6 Å². The van der Waals surface area contributed by atoms with Crippen LogP contribution < -0.4 is 10.1 Å². The summed E-state index contributed by atoms with van der Waals surface area (Å²) in [6, 6.07) is 7.58. The highest BCUT2D eigenvalue weighted by atomic mass is 35.5. The number of para-hydroxylation sites is 1. The van der Waals surface area contributed by atoms with Gasteiger partial charge in [-0.05, 0) is 19.2 Å². The first-order chi connectivity index (χ1) is 10.6. The van der Waals surface area contributed by atoms with E-state index in [4.69, 9.17) is 4.74 Å². The van der Waals surface area contributed by atoms with Gasteiger partial charge in [0.05, 0.1) is 12.7 Å². The molecule has 0 atom stereocenters. The summed E-state index contributed by atoms with van der Waals surface area (Å²) in [6.07, 6.45) is 1.75. The molecule has 0 radical (unpaired) electrons. The molecule has 2 rings (SSSR count).